The van der Waals surface area contributed by atoms with Crippen LogP contribution in [0.3, 0.4) is 0 Å². The first-order valence-corrected chi connectivity index (χ1v) is 7.91. The molecule has 0 amide bonds. The molecule has 2 rings (SSSR count). The van der Waals surface area contributed by atoms with Gasteiger partial charge in [0.2, 0.25) is 0 Å². The lowest BCUT2D eigenvalue weighted by atomic mass is 9.87. The minimum absolute atomic E-state index is 0.0128. The van der Waals surface area contributed by atoms with Crippen molar-refractivity contribution in [2.75, 3.05) is 31.5 Å². The van der Waals surface area contributed by atoms with Crippen molar-refractivity contribution in [1.82, 2.24) is 4.90 Å². The summed E-state index contributed by atoms with van der Waals surface area (Å²) in [6, 6.07) is 5.93. The number of halogens is 2. The molecule has 1 heterocycles. The van der Waals surface area contributed by atoms with E-state index in [9.17, 15) is 0 Å². The van der Waals surface area contributed by atoms with Gasteiger partial charge in [0.25, 0.3) is 0 Å². The number of anilines is 1. The van der Waals surface area contributed by atoms with Crippen molar-refractivity contribution < 1.29 is 0 Å². The Morgan fingerprint density at radius 3 is 2.63 bits per heavy atom. The van der Waals surface area contributed by atoms with E-state index >= 15 is 0 Å². The van der Waals surface area contributed by atoms with Gasteiger partial charge in [-0.1, -0.05) is 18.5 Å². The van der Waals surface area contributed by atoms with Gasteiger partial charge >= 0.3 is 0 Å². The van der Waals surface area contributed by atoms with E-state index in [2.05, 4.69) is 33.1 Å². The number of nitrogens with zero attached hydrogens (tertiary/aromatic N) is 1. The molecule has 1 fully saturated rings. The highest BCUT2D eigenvalue weighted by Crippen LogP contribution is 2.30. The molecule has 5 heteroatoms. The molecule has 1 aromatic rings. The molecular formula is C14H21BrClN3. The van der Waals surface area contributed by atoms with E-state index in [1.807, 2.05) is 18.2 Å². The first-order valence-electron chi connectivity index (χ1n) is 6.74. The third-order valence-electron chi connectivity index (χ3n) is 3.98. The second-order valence-corrected chi connectivity index (χ2v) is 6.43. The fourth-order valence-electron chi connectivity index (χ4n) is 2.56. The average Bonchev–Trinajstić information content (AvgIpc) is 2.44. The normalized spacial score (nSPS) is 19.4. The minimum atomic E-state index is 0.0128. The lowest BCUT2D eigenvalue weighted by molar-refractivity contribution is 0.184. The molecule has 0 bridgehead atoms. The van der Waals surface area contributed by atoms with Gasteiger partial charge in [-0.25, -0.2) is 0 Å². The van der Waals surface area contributed by atoms with Gasteiger partial charge in [-0.3, -0.25) is 0 Å². The smallest absolute Gasteiger partial charge is 0.0549 e. The van der Waals surface area contributed by atoms with E-state index in [0.717, 1.165) is 47.7 Å². The number of nitrogens with one attached hydrogen (secondary N) is 1. The molecule has 1 aliphatic heterocycles. The Balaban J connectivity index is 2.08. The van der Waals surface area contributed by atoms with E-state index < -0.39 is 0 Å². The summed E-state index contributed by atoms with van der Waals surface area (Å²) < 4.78 is 0.914. The number of hydrogen-bond acceptors (Lipinski definition) is 3. The first kappa shape index (κ1) is 15.1. The second-order valence-electron chi connectivity index (χ2n) is 5.17. The van der Waals surface area contributed by atoms with Crippen molar-refractivity contribution in [1.29, 1.82) is 0 Å². The summed E-state index contributed by atoms with van der Waals surface area (Å²) in [5.74, 6) is 0. The van der Waals surface area contributed by atoms with Crippen LogP contribution in [0.4, 0.5) is 5.69 Å². The van der Waals surface area contributed by atoms with Crippen molar-refractivity contribution in [2.45, 2.75) is 25.3 Å². The largest absolute Gasteiger partial charge is 0.378 e. The van der Waals surface area contributed by atoms with Gasteiger partial charge in [-0.05, 0) is 53.5 Å². The van der Waals surface area contributed by atoms with Crippen LogP contribution in [0.2, 0.25) is 5.02 Å². The maximum atomic E-state index is 6.02. The van der Waals surface area contributed by atoms with Crippen LogP contribution in [0.25, 0.3) is 0 Å². The number of benzene rings is 1. The molecule has 0 unspecified atom stereocenters. The Morgan fingerprint density at radius 1 is 1.42 bits per heavy atom. The Kier molecular flexibility index (Phi) is 5.12. The zero-order valence-corrected chi connectivity index (χ0v) is 13.6. The average molecular weight is 347 g/mol. The predicted octanol–water partition coefficient (Wildman–Crippen LogP) is 3.33. The zero-order valence-electron chi connectivity index (χ0n) is 11.3. The summed E-state index contributed by atoms with van der Waals surface area (Å²) in [6.45, 7) is 6.20. The standard InChI is InChI=1S/C14H21BrClN3/c1-2-19-7-5-14(10-17,6-8-19)18-11-3-4-13(16)12(15)9-11/h3-4,9,18H,2,5-8,10,17H2,1H3. The monoisotopic (exact) mass is 345 g/mol. The third-order valence-corrected chi connectivity index (χ3v) is 5.19. The maximum absolute atomic E-state index is 6.02. The maximum Gasteiger partial charge on any atom is 0.0549 e. The highest BCUT2D eigenvalue weighted by atomic mass is 79.9. The highest BCUT2D eigenvalue weighted by molar-refractivity contribution is 9.10. The molecule has 1 saturated heterocycles. The van der Waals surface area contributed by atoms with Crippen molar-refractivity contribution in [3.63, 3.8) is 0 Å². The van der Waals surface area contributed by atoms with Crippen molar-refractivity contribution in [2.24, 2.45) is 5.73 Å². The molecule has 0 spiro atoms. The Morgan fingerprint density at radius 2 is 2.11 bits per heavy atom. The van der Waals surface area contributed by atoms with Crippen LogP contribution in [0.1, 0.15) is 19.8 Å². The minimum Gasteiger partial charge on any atom is -0.378 e. The van der Waals surface area contributed by atoms with Gasteiger partial charge in [0.15, 0.2) is 0 Å². The number of hydrogen-bond donors (Lipinski definition) is 2. The van der Waals surface area contributed by atoms with Crippen LogP contribution in [-0.4, -0.2) is 36.6 Å². The van der Waals surface area contributed by atoms with Crippen molar-refractivity contribution >= 4 is 33.2 Å². The molecule has 0 aliphatic carbocycles. The Labute approximate surface area is 128 Å². The quantitative estimate of drug-likeness (QED) is 0.878. The summed E-state index contributed by atoms with van der Waals surface area (Å²) >= 11 is 9.48. The molecule has 0 saturated carbocycles. The van der Waals surface area contributed by atoms with Gasteiger partial charge in [-0.15, -0.1) is 0 Å². The molecule has 3 N–H and O–H groups in total. The SMILES string of the molecule is CCN1CCC(CN)(Nc2ccc(Cl)c(Br)c2)CC1. The van der Waals surface area contributed by atoms with Crippen molar-refractivity contribution in [3.8, 4) is 0 Å². The van der Waals surface area contributed by atoms with Crippen molar-refractivity contribution in [3.05, 3.63) is 27.7 Å². The molecule has 0 atom stereocenters. The fourth-order valence-corrected chi connectivity index (χ4v) is 3.05. The summed E-state index contributed by atoms with van der Waals surface area (Å²) in [7, 11) is 0. The zero-order chi connectivity index (χ0) is 13.9. The molecule has 0 radical (unpaired) electrons. The van der Waals surface area contributed by atoms with Crippen LogP contribution < -0.4 is 11.1 Å². The molecule has 1 aliphatic rings. The lowest BCUT2D eigenvalue weighted by Gasteiger charge is -2.42. The van der Waals surface area contributed by atoms with Gasteiger partial charge in [-0.2, -0.15) is 0 Å². The van der Waals surface area contributed by atoms with Crippen LogP contribution in [0.15, 0.2) is 22.7 Å². The summed E-state index contributed by atoms with van der Waals surface area (Å²) in [5.41, 5.74) is 7.11. The van der Waals surface area contributed by atoms with E-state index in [0.29, 0.717) is 6.54 Å². The molecular weight excluding hydrogens is 326 g/mol. The number of rotatable bonds is 4. The van der Waals surface area contributed by atoms with Gasteiger partial charge in [0.05, 0.1) is 10.6 Å². The molecule has 3 nitrogen and oxygen atoms in total. The third kappa shape index (κ3) is 3.63. The summed E-state index contributed by atoms with van der Waals surface area (Å²) in [5, 5.41) is 4.35. The Bertz CT molecular complexity index is 431. The second kappa shape index (κ2) is 6.44. The molecule has 1 aromatic carbocycles. The fraction of sp³-hybridized carbons (Fsp3) is 0.571. The topological polar surface area (TPSA) is 41.3 Å². The van der Waals surface area contributed by atoms with Crippen LogP contribution in [-0.2, 0) is 0 Å². The Hall–Kier alpha value is -0.290. The molecule has 106 valence electrons. The predicted molar refractivity (Wildman–Crippen MR) is 85.9 cm³/mol. The number of nitrogens with two attached hydrogens (primary N) is 1. The van der Waals surface area contributed by atoms with Gasteiger partial charge in [0.1, 0.15) is 0 Å². The summed E-state index contributed by atoms with van der Waals surface area (Å²) in [4.78, 5) is 2.47. The summed E-state index contributed by atoms with van der Waals surface area (Å²) in [6.07, 6.45) is 2.16. The van der Waals surface area contributed by atoms with E-state index in [1.54, 1.807) is 0 Å². The van der Waals surface area contributed by atoms with E-state index in [4.69, 9.17) is 17.3 Å². The number of likely N-dealkylation sites (tertiary alicyclic amines) is 1. The highest BCUT2D eigenvalue weighted by Gasteiger charge is 2.32. The number of piperidine rings is 1. The van der Waals surface area contributed by atoms with E-state index in [-0.39, 0.29) is 5.54 Å². The van der Waals surface area contributed by atoms with Crippen LogP contribution in [0, 0.1) is 0 Å². The first-order chi connectivity index (χ1) is 9.08. The van der Waals surface area contributed by atoms with E-state index in [1.165, 1.54) is 0 Å². The van der Waals surface area contributed by atoms with Crippen LogP contribution in [0.5, 0.6) is 0 Å². The molecule has 19 heavy (non-hydrogen) atoms. The van der Waals surface area contributed by atoms with Gasteiger partial charge in [0, 0.05) is 29.8 Å². The lowest BCUT2D eigenvalue weighted by Crippen LogP contribution is -2.53. The van der Waals surface area contributed by atoms with Crippen LogP contribution >= 0.6 is 27.5 Å². The molecule has 0 aromatic heterocycles. The van der Waals surface area contributed by atoms with Gasteiger partial charge < -0.3 is 16.0 Å².